The van der Waals surface area contributed by atoms with Gasteiger partial charge in [-0.2, -0.15) is 0 Å². The molecule has 0 spiro atoms. The fraction of sp³-hybridized carbons (Fsp3) is 0.625. The monoisotopic (exact) mass is 263 g/mol. The summed E-state index contributed by atoms with van der Waals surface area (Å²) in [5.74, 6) is 0.923. The van der Waals surface area contributed by atoms with E-state index in [0.29, 0.717) is 6.10 Å². The molecular formula is C16H25NO2. The molecule has 2 N–H and O–H groups in total. The molecule has 0 radical (unpaired) electrons. The summed E-state index contributed by atoms with van der Waals surface area (Å²) in [5, 5.41) is 0. The second-order valence-corrected chi connectivity index (χ2v) is 5.25. The standard InChI is InChI=1S/C16H25NO2/c1-2-10-18-14-8-6-13(7-9-14)16(17)12-15-5-3-4-11-19-15/h6-9,15-16H,2-5,10-12,17H2,1H3. The molecule has 2 rings (SSSR count). The number of ether oxygens (including phenoxy) is 2. The van der Waals surface area contributed by atoms with Crippen molar-refractivity contribution in [1.82, 2.24) is 0 Å². The highest BCUT2D eigenvalue weighted by Crippen LogP contribution is 2.24. The van der Waals surface area contributed by atoms with Gasteiger partial charge in [0.25, 0.3) is 0 Å². The Kier molecular flexibility index (Phi) is 5.67. The van der Waals surface area contributed by atoms with E-state index in [1.807, 2.05) is 12.1 Å². The topological polar surface area (TPSA) is 44.5 Å². The van der Waals surface area contributed by atoms with Crippen LogP contribution in [0.25, 0.3) is 0 Å². The van der Waals surface area contributed by atoms with E-state index in [9.17, 15) is 0 Å². The Hall–Kier alpha value is -1.06. The molecule has 3 nitrogen and oxygen atoms in total. The molecule has 0 aromatic heterocycles. The lowest BCUT2D eigenvalue weighted by Gasteiger charge is -2.25. The highest BCUT2D eigenvalue weighted by atomic mass is 16.5. The molecule has 1 aliphatic heterocycles. The molecule has 0 amide bonds. The largest absolute Gasteiger partial charge is 0.494 e. The van der Waals surface area contributed by atoms with Gasteiger partial charge in [-0.3, -0.25) is 0 Å². The minimum atomic E-state index is 0.0586. The molecular weight excluding hydrogens is 238 g/mol. The Morgan fingerprint density at radius 2 is 2.11 bits per heavy atom. The van der Waals surface area contributed by atoms with E-state index in [2.05, 4.69) is 19.1 Å². The molecule has 106 valence electrons. The van der Waals surface area contributed by atoms with Crippen LogP contribution in [0, 0.1) is 0 Å². The summed E-state index contributed by atoms with van der Waals surface area (Å²) in [4.78, 5) is 0. The second-order valence-electron chi connectivity index (χ2n) is 5.25. The van der Waals surface area contributed by atoms with Gasteiger partial charge in [0.05, 0.1) is 12.7 Å². The summed E-state index contributed by atoms with van der Waals surface area (Å²) < 4.78 is 11.3. The average Bonchev–Trinajstić information content (AvgIpc) is 2.46. The fourth-order valence-corrected chi connectivity index (χ4v) is 2.44. The minimum absolute atomic E-state index is 0.0586. The van der Waals surface area contributed by atoms with Crippen LogP contribution in [0.15, 0.2) is 24.3 Å². The Morgan fingerprint density at radius 1 is 1.32 bits per heavy atom. The summed E-state index contributed by atoms with van der Waals surface area (Å²) in [6.45, 7) is 3.76. The smallest absolute Gasteiger partial charge is 0.119 e. The van der Waals surface area contributed by atoms with Gasteiger partial charge >= 0.3 is 0 Å². The molecule has 2 atom stereocenters. The van der Waals surface area contributed by atoms with Crippen molar-refractivity contribution in [3.05, 3.63) is 29.8 Å². The van der Waals surface area contributed by atoms with Gasteiger partial charge in [0, 0.05) is 12.6 Å². The van der Waals surface area contributed by atoms with Crippen molar-refractivity contribution >= 4 is 0 Å². The van der Waals surface area contributed by atoms with Crippen LogP contribution in [0.2, 0.25) is 0 Å². The van der Waals surface area contributed by atoms with Crippen LogP contribution in [-0.4, -0.2) is 19.3 Å². The lowest BCUT2D eigenvalue weighted by molar-refractivity contribution is 0.00729. The second kappa shape index (κ2) is 7.51. The van der Waals surface area contributed by atoms with Crippen LogP contribution in [-0.2, 0) is 4.74 Å². The maximum Gasteiger partial charge on any atom is 0.119 e. The van der Waals surface area contributed by atoms with Gasteiger partial charge in [-0.15, -0.1) is 0 Å². The van der Waals surface area contributed by atoms with Crippen LogP contribution in [0.5, 0.6) is 5.75 Å². The van der Waals surface area contributed by atoms with Crippen molar-refractivity contribution < 1.29 is 9.47 Å². The summed E-state index contributed by atoms with van der Waals surface area (Å²) in [5.41, 5.74) is 7.42. The molecule has 1 fully saturated rings. The Labute approximate surface area is 116 Å². The van der Waals surface area contributed by atoms with E-state index >= 15 is 0 Å². The van der Waals surface area contributed by atoms with Crippen LogP contribution < -0.4 is 10.5 Å². The minimum Gasteiger partial charge on any atom is -0.494 e. The lowest BCUT2D eigenvalue weighted by Crippen LogP contribution is -2.24. The molecule has 3 heteroatoms. The molecule has 1 heterocycles. The zero-order chi connectivity index (χ0) is 13.5. The third kappa shape index (κ3) is 4.51. The van der Waals surface area contributed by atoms with Gasteiger partial charge in [0.1, 0.15) is 5.75 Å². The van der Waals surface area contributed by atoms with Crippen LogP contribution >= 0.6 is 0 Å². The Balaban J connectivity index is 1.85. The highest BCUT2D eigenvalue weighted by molar-refractivity contribution is 5.29. The summed E-state index contributed by atoms with van der Waals surface area (Å²) in [7, 11) is 0. The van der Waals surface area contributed by atoms with Crippen molar-refractivity contribution in [3.63, 3.8) is 0 Å². The molecule has 1 aromatic carbocycles. The number of hydrogen-bond donors (Lipinski definition) is 1. The van der Waals surface area contributed by atoms with Crippen LogP contribution in [0.4, 0.5) is 0 Å². The van der Waals surface area contributed by atoms with Crippen LogP contribution in [0.1, 0.15) is 50.6 Å². The Morgan fingerprint density at radius 3 is 2.74 bits per heavy atom. The summed E-state index contributed by atoms with van der Waals surface area (Å²) in [6, 6.07) is 8.21. The molecule has 19 heavy (non-hydrogen) atoms. The Bertz CT molecular complexity index is 358. The molecule has 2 unspecified atom stereocenters. The maximum absolute atomic E-state index is 6.26. The van der Waals surface area contributed by atoms with E-state index in [1.54, 1.807) is 0 Å². The quantitative estimate of drug-likeness (QED) is 0.855. The van der Waals surface area contributed by atoms with Gasteiger partial charge in [0.15, 0.2) is 0 Å². The molecule has 0 aliphatic carbocycles. The van der Waals surface area contributed by atoms with Crippen molar-refractivity contribution in [2.45, 2.75) is 51.2 Å². The van der Waals surface area contributed by atoms with E-state index in [-0.39, 0.29) is 6.04 Å². The van der Waals surface area contributed by atoms with E-state index < -0.39 is 0 Å². The summed E-state index contributed by atoms with van der Waals surface area (Å²) in [6.07, 6.45) is 5.87. The van der Waals surface area contributed by atoms with Gasteiger partial charge in [0.2, 0.25) is 0 Å². The molecule has 1 aliphatic rings. The molecule has 0 saturated carbocycles. The SMILES string of the molecule is CCCOc1ccc(C(N)CC2CCCCO2)cc1. The van der Waals surface area contributed by atoms with E-state index in [1.165, 1.54) is 12.8 Å². The summed E-state index contributed by atoms with van der Waals surface area (Å²) >= 11 is 0. The maximum atomic E-state index is 6.26. The number of benzene rings is 1. The first-order chi connectivity index (χ1) is 9.29. The normalized spacial score (nSPS) is 21.1. The molecule has 1 aromatic rings. The van der Waals surface area contributed by atoms with Crippen molar-refractivity contribution in [1.29, 1.82) is 0 Å². The predicted molar refractivity (Wildman–Crippen MR) is 77.4 cm³/mol. The zero-order valence-electron chi connectivity index (χ0n) is 11.8. The van der Waals surface area contributed by atoms with Crippen molar-refractivity contribution in [2.75, 3.05) is 13.2 Å². The van der Waals surface area contributed by atoms with Gasteiger partial charge < -0.3 is 15.2 Å². The molecule has 1 saturated heterocycles. The van der Waals surface area contributed by atoms with Crippen molar-refractivity contribution in [3.8, 4) is 5.75 Å². The average molecular weight is 263 g/mol. The first-order valence-electron chi connectivity index (χ1n) is 7.39. The first kappa shape index (κ1) is 14.4. The zero-order valence-corrected chi connectivity index (χ0v) is 11.8. The third-order valence-electron chi connectivity index (χ3n) is 3.57. The van der Waals surface area contributed by atoms with E-state index in [4.69, 9.17) is 15.2 Å². The first-order valence-corrected chi connectivity index (χ1v) is 7.39. The third-order valence-corrected chi connectivity index (χ3v) is 3.57. The number of nitrogens with two attached hydrogens (primary N) is 1. The van der Waals surface area contributed by atoms with Crippen LogP contribution in [0.3, 0.4) is 0 Å². The predicted octanol–water partition coefficient (Wildman–Crippen LogP) is 3.43. The van der Waals surface area contributed by atoms with Gasteiger partial charge in [-0.1, -0.05) is 19.1 Å². The van der Waals surface area contributed by atoms with Gasteiger partial charge in [-0.05, 0) is 49.8 Å². The highest BCUT2D eigenvalue weighted by Gasteiger charge is 2.18. The number of hydrogen-bond acceptors (Lipinski definition) is 3. The van der Waals surface area contributed by atoms with Gasteiger partial charge in [-0.25, -0.2) is 0 Å². The molecule has 0 bridgehead atoms. The lowest BCUT2D eigenvalue weighted by atomic mass is 9.97. The fourth-order valence-electron chi connectivity index (χ4n) is 2.44. The van der Waals surface area contributed by atoms with E-state index in [0.717, 1.165) is 43.8 Å². The van der Waals surface area contributed by atoms with Crippen molar-refractivity contribution in [2.24, 2.45) is 5.73 Å². The number of rotatable bonds is 6.